The zero-order valence-corrected chi connectivity index (χ0v) is 14.1. The van der Waals surface area contributed by atoms with E-state index in [1.54, 1.807) is 0 Å². The average molecular weight is 338 g/mol. The van der Waals surface area contributed by atoms with Gasteiger partial charge in [0, 0.05) is 42.4 Å². The lowest BCUT2D eigenvalue weighted by molar-refractivity contribution is -0.121. The average Bonchev–Trinajstić information content (AvgIpc) is 3.23. The van der Waals surface area contributed by atoms with Crippen molar-refractivity contribution in [1.29, 1.82) is 0 Å². The monoisotopic (exact) mass is 338 g/mol. The molecule has 4 rings (SSSR count). The molecule has 1 aliphatic carbocycles. The van der Waals surface area contributed by atoms with Crippen LogP contribution in [0.5, 0.6) is 0 Å². The second-order valence-corrected chi connectivity index (χ2v) is 6.64. The Morgan fingerprint density at radius 3 is 3.04 bits per heavy atom. The van der Waals surface area contributed by atoms with Crippen molar-refractivity contribution < 1.29 is 9.32 Å². The smallest absolute Gasteiger partial charge is 0.229 e. The summed E-state index contributed by atoms with van der Waals surface area (Å²) in [5.41, 5.74) is 2.41. The fraction of sp³-hybridized carbons (Fsp3) is 0.421. The van der Waals surface area contributed by atoms with Crippen LogP contribution in [0.15, 0.2) is 35.0 Å². The summed E-state index contributed by atoms with van der Waals surface area (Å²) in [5.74, 6) is 1.98. The Balaban J connectivity index is 1.17. The number of nitrogens with zero attached hydrogens (tertiary/aromatic N) is 2. The third-order valence-electron chi connectivity index (χ3n) is 4.61. The van der Waals surface area contributed by atoms with Crippen LogP contribution in [0.2, 0.25) is 0 Å². The lowest BCUT2D eigenvalue weighted by Gasteiger charge is -2.03. The van der Waals surface area contributed by atoms with E-state index in [9.17, 15) is 4.79 Å². The number of hydrogen-bond acceptors (Lipinski definition) is 4. The molecule has 0 unspecified atom stereocenters. The topological polar surface area (TPSA) is 83.8 Å². The van der Waals surface area contributed by atoms with Crippen LogP contribution in [0, 0.1) is 0 Å². The quantitative estimate of drug-likeness (QED) is 0.661. The number of amides is 1. The molecule has 6 heteroatoms. The van der Waals surface area contributed by atoms with E-state index >= 15 is 0 Å². The Labute approximate surface area is 146 Å². The summed E-state index contributed by atoms with van der Waals surface area (Å²) >= 11 is 0. The molecule has 1 aromatic carbocycles. The number of aryl methyl sites for hydroxylation is 1. The van der Waals surface area contributed by atoms with Gasteiger partial charge < -0.3 is 14.8 Å². The highest BCUT2D eigenvalue weighted by atomic mass is 16.5. The Morgan fingerprint density at radius 2 is 2.16 bits per heavy atom. The highest BCUT2D eigenvalue weighted by Gasteiger charge is 2.29. The first-order valence-electron chi connectivity index (χ1n) is 8.94. The number of carbonyl (C=O) groups is 1. The van der Waals surface area contributed by atoms with Gasteiger partial charge in [-0.1, -0.05) is 23.4 Å². The van der Waals surface area contributed by atoms with Crippen molar-refractivity contribution in [3.8, 4) is 0 Å². The molecule has 1 aliphatic rings. The summed E-state index contributed by atoms with van der Waals surface area (Å²) in [6.45, 7) is 0.551. The molecule has 130 valence electrons. The minimum atomic E-state index is 0.0748. The lowest BCUT2D eigenvalue weighted by Crippen LogP contribution is -2.25. The maximum Gasteiger partial charge on any atom is 0.229 e. The van der Waals surface area contributed by atoms with Crippen LogP contribution in [0.25, 0.3) is 10.9 Å². The molecule has 3 aromatic rings. The van der Waals surface area contributed by atoms with Gasteiger partial charge in [0.25, 0.3) is 0 Å². The first-order valence-corrected chi connectivity index (χ1v) is 8.94. The molecule has 0 aliphatic heterocycles. The van der Waals surface area contributed by atoms with Crippen LogP contribution in [-0.4, -0.2) is 27.6 Å². The molecule has 0 atom stereocenters. The summed E-state index contributed by atoms with van der Waals surface area (Å²) in [6.07, 6.45) is 7.21. The summed E-state index contributed by atoms with van der Waals surface area (Å²) < 4.78 is 5.21. The van der Waals surface area contributed by atoms with E-state index in [2.05, 4.69) is 32.6 Å². The molecule has 25 heavy (non-hydrogen) atoms. The van der Waals surface area contributed by atoms with Gasteiger partial charge in [0.05, 0.1) is 0 Å². The van der Waals surface area contributed by atoms with Gasteiger partial charge in [0.1, 0.15) is 0 Å². The molecule has 0 bridgehead atoms. The van der Waals surface area contributed by atoms with Gasteiger partial charge in [-0.05, 0) is 37.3 Å². The van der Waals surface area contributed by atoms with Gasteiger partial charge in [-0.25, -0.2) is 0 Å². The van der Waals surface area contributed by atoms with Gasteiger partial charge in [-0.2, -0.15) is 4.98 Å². The van der Waals surface area contributed by atoms with Crippen molar-refractivity contribution in [3.05, 3.63) is 47.7 Å². The van der Waals surface area contributed by atoms with E-state index in [4.69, 9.17) is 4.52 Å². The Hall–Kier alpha value is -2.63. The first kappa shape index (κ1) is 15.9. The molecule has 6 nitrogen and oxygen atoms in total. The highest BCUT2D eigenvalue weighted by Crippen LogP contribution is 2.38. The second-order valence-electron chi connectivity index (χ2n) is 6.64. The van der Waals surface area contributed by atoms with Crippen LogP contribution in [0.4, 0.5) is 0 Å². The molecule has 2 heterocycles. The fourth-order valence-corrected chi connectivity index (χ4v) is 3.05. The molecular weight excluding hydrogens is 316 g/mol. The third-order valence-corrected chi connectivity index (χ3v) is 4.61. The van der Waals surface area contributed by atoms with E-state index in [-0.39, 0.29) is 5.91 Å². The van der Waals surface area contributed by atoms with Crippen molar-refractivity contribution in [2.45, 2.75) is 44.4 Å². The van der Waals surface area contributed by atoms with Gasteiger partial charge >= 0.3 is 0 Å². The molecule has 2 N–H and O–H groups in total. The molecular formula is C19H22N4O2. The molecule has 1 fully saturated rings. The molecule has 1 amide bonds. The number of rotatable bonds is 8. The van der Waals surface area contributed by atoms with E-state index in [0.717, 1.165) is 37.1 Å². The number of H-pyrrole nitrogens is 1. The van der Waals surface area contributed by atoms with Crippen LogP contribution in [0.1, 0.15) is 48.9 Å². The van der Waals surface area contributed by atoms with Crippen LogP contribution >= 0.6 is 0 Å². The van der Waals surface area contributed by atoms with Crippen molar-refractivity contribution in [1.82, 2.24) is 20.4 Å². The third kappa shape index (κ3) is 3.90. The Morgan fingerprint density at radius 1 is 1.28 bits per heavy atom. The van der Waals surface area contributed by atoms with Gasteiger partial charge in [-0.3, -0.25) is 4.79 Å². The normalized spacial score (nSPS) is 14.1. The summed E-state index contributed by atoms with van der Waals surface area (Å²) in [7, 11) is 0. The number of carbonyl (C=O) groups excluding carboxylic acids is 1. The minimum absolute atomic E-state index is 0.0748. The largest absolute Gasteiger partial charge is 0.361 e. The molecule has 0 spiro atoms. The highest BCUT2D eigenvalue weighted by molar-refractivity contribution is 5.83. The predicted octanol–water partition coefficient (Wildman–Crippen LogP) is 3.11. The number of nitrogens with one attached hydrogen (secondary N) is 2. The zero-order valence-electron chi connectivity index (χ0n) is 14.1. The number of hydrogen-bond donors (Lipinski definition) is 2. The van der Waals surface area contributed by atoms with E-state index in [1.165, 1.54) is 10.9 Å². The molecule has 2 aromatic heterocycles. The Kier molecular flexibility index (Phi) is 4.50. The van der Waals surface area contributed by atoms with Crippen molar-refractivity contribution in [2.75, 3.05) is 6.54 Å². The van der Waals surface area contributed by atoms with Crippen molar-refractivity contribution >= 4 is 16.8 Å². The summed E-state index contributed by atoms with van der Waals surface area (Å²) in [6, 6.07) is 8.24. The zero-order chi connectivity index (χ0) is 17.1. The van der Waals surface area contributed by atoms with Crippen LogP contribution in [-0.2, 0) is 17.6 Å². The van der Waals surface area contributed by atoms with Gasteiger partial charge in [-0.15, -0.1) is 0 Å². The molecule has 0 radical (unpaired) electrons. The number of benzene rings is 1. The summed E-state index contributed by atoms with van der Waals surface area (Å²) in [4.78, 5) is 19.6. The van der Waals surface area contributed by atoms with Crippen molar-refractivity contribution in [3.63, 3.8) is 0 Å². The summed E-state index contributed by atoms with van der Waals surface area (Å²) in [5, 5.41) is 8.13. The van der Waals surface area contributed by atoms with Crippen molar-refractivity contribution in [2.24, 2.45) is 0 Å². The van der Waals surface area contributed by atoms with Crippen LogP contribution < -0.4 is 5.32 Å². The maximum absolute atomic E-state index is 12.0. The number of aromatic nitrogens is 3. The van der Waals surface area contributed by atoms with Crippen LogP contribution in [0.3, 0.4) is 0 Å². The first-order chi connectivity index (χ1) is 12.3. The fourth-order valence-electron chi connectivity index (χ4n) is 3.05. The van der Waals surface area contributed by atoms with E-state index < -0.39 is 0 Å². The SMILES string of the molecule is O=C(CCCc1c[nH]c2ccccc12)NCCc1noc(C2CC2)n1. The lowest BCUT2D eigenvalue weighted by atomic mass is 10.1. The number of fused-ring (bicyclic) bond motifs is 1. The van der Waals surface area contributed by atoms with E-state index in [0.29, 0.717) is 31.1 Å². The minimum Gasteiger partial charge on any atom is -0.361 e. The predicted molar refractivity (Wildman–Crippen MR) is 94.2 cm³/mol. The molecule has 1 saturated carbocycles. The number of para-hydroxylation sites is 1. The standard InChI is InChI=1S/C19H22N4O2/c24-18(20-11-10-17-22-19(25-23-17)13-8-9-13)7-3-4-14-12-21-16-6-2-1-5-15(14)16/h1-2,5-6,12-13,21H,3-4,7-11H2,(H,20,24). The molecule has 0 saturated heterocycles. The second kappa shape index (κ2) is 7.09. The van der Waals surface area contributed by atoms with Gasteiger partial charge in [0.15, 0.2) is 5.82 Å². The number of aromatic amines is 1. The Bertz CT molecular complexity index is 863. The maximum atomic E-state index is 12.0. The van der Waals surface area contributed by atoms with Gasteiger partial charge in [0.2, 0.25) is 11.8 Å². The van der Waals surface area contributed by atoms with E-state index in [1.807, 2.05) is 18.3 Å².